The highest BCUT2D eigenvalue weighted by Gasteiger charge is 2.24. The summed E-state index contributed by atoms with van der Waals surface area (Å²) in [6, 6.07) is 0.452. The first kappa shape index (κ1) is 11.7. The fraction of sp³-hybridized carbons (Fsp3) is 0.875. The number of hydrogen-bond donors (Lipinski definition) is 1. The Morgan fingerprint density at radius 2 is 2.25 bits per heavy atom. The molecule has 2 atom stereocenters. The lowest BCUT2D eigenvalue weighted by atomic mass is 9.93. The van der Waals surface area contributed by atoms with E-state index in [4.69, 9.17) is 0 Å². The molecule has 0 aliphatic carbocycles. The minimum absolute atomic E-state index is 0. The number of halogens is 1. The van der Waals surface area contributed by atoms with Crippen molar-refractivity contribution in [3.63, 3.8) is 0 Å². The van der Waals surface area contributed by atoms with Gasteiger partial charge in [0.05, 0.1) is 13.0 Å². The molecule has 0 saturated carbocycles. The van der Waals surface area contributed by atoms with Crippen molar-refractivity contribution in [2.24, 2.45) is 5.92 Å². The summed E-state index contributed by atoms with van der Waals surface area (Å²) in [6.45, 7) is 3.02. The highest BCUT2D eigenvalue weighted by Crippen LogP contribution is 2.16. The number of nitrogens with one attached hydrogen (secondary N) is 1. The van der Waals surface area contributed by atoms with Crippen molar-refractivity contribution >= 4 is 18.4 Å². The van der Waals surface area contributed by atoms with E-state index in [0.29, 0.717) is 6.04 Å². The van der Waals surface area contributed by atoms with E-state index in [1.165, 1.54) is 7.11 Å². The molecule has 0 aromatic carbocycles. The normalized spacial score (nSPS) is 28.8. The Labute approximate surface area is 79.3 Å². The molecule has 0 aromatic heterocycles. The van der Waals surface area contributed by atoms with Crippen molar-refractivity contribution in [3.05, 3.63) is 0 Å². The molecule has 1 rings (SSSR count). The summed E-state index contributed by atoms with van der Waals surface area (Å²) in [5.41, 5.74) is 0. The first-order valence-corrected chi connectivity index (χ1v) is 4.05. The summed E-state index contributed by atoms with van der Waals surface area (Å²) < 4.78 is 4.67. The van der Waals surface area contributed by atoms with E-state index in [9.17, 15) is 4.79 Å². The Morgan fingerprint density at radius 3 is 2.75 bits per heavy atom. The number of methoxy groups -OCH3 is 1. The zero-order valence-electron chi connectivity index (χ0n) is 7.50. The van der Waals surface area contributed by atoms with Gasteiger partial charge >= 0.3 is 5.97 Å². The Bertz CT molecular complexity index is 152. The zero-order valence-corrected chi connectivity index (χ0v) is 8.32. The Kier molecular flexibility index (Phi) is 5.25. The van der Waals surface area contributed by atoms with Gasteiger partial charge in [-0.3, -0.25) is 4.79 Å². The average molecular weight is 194 g/mol. The topological polar surface area (TPSA) is 38.3 Å². The minimum Gasteiger partial charge on any atom is -0.469 e. The largest absolute Gasteiger partial charge is 0.469 e. The molecule has 0 spiro atoms. The van der Waals surface area contributed by atoms with Gasteiger partial charge in [-0.25, -0.2) is 0 Å². The minimum atomic E-state index is -0.0571. The van der Waals surface area contributed by atoms with Crippen molar-refractivity contribution in [3.8, 4) is 0 Å². The molecule has 1 heterocycles. The number of esters is 1. The van der Waals surface area contributed by atoms with Crippen molar-refractivity contribution in [1.29, 1.82) is 0 Å². The molecule has 3 nitrogen and oxygen atoms in total. The van der Waals surface area contributed by atoms with E-state index < -0.39 is 0 Å². The van der Waals surface area contributed by atoms with Crippen LogP contribution < -0.4 is 5.32 Å². The molecule has 1 fully saturated rings. The molecule has 1 saturated heterocycles. The van der Waals surface area contributed by atoms with Crippen LogP contribution in [0.15, 0.2) is 0 Å². The van der Waals surface area contributed by atoms with Crippen molar-refractivity contribution in [2.45, 2.75) is 25.8 Å². The maximum absolute atomic E-state index is 11.1. The molecule has 0 radical (unpaired) electrons. The van der Waals surface area contributed by atoms with Gasteiger partial charge in [0.2, 0.25) is 0 Å². The van der Waals surface area contributed by atoms with Gasteiger partial charge in [-0.2, -0.15) is 0 Å². The predicted molar refractivity (Wildman–Crippen MR) is 49.5 cm³/mol. The van der Waals surface area contributed by atoms with Gasteiger partial charge in [0, 0.05) is 6.04 Å². The second-order valence-electron chi connectivity index (χ2n) is 3.10. The summed E-state index contributed by atoms with van der Waals surface area (Å²) in [4.78, 5) is 11.1. The van der Waals surface area contributed by atoms with E-state index >= 15 is 0 Å². The molecule has 12 heavy (non-hydrogen) atoms. The molecule has 1 aliphatic rings. The van der Waals surface area contributed by atoms with Crippen molar-refractivity contribution < 1.29 is 9.53 Å². The van der Waals surface area contributed by atoms with Crippen LogP contribution in [-0.4, -0.2) is 25.7 Å². The lowest BCUT2D eigenvalue weighted by molar-refractivity contribution is -0.146. The zero-order chi connectivity index (χ0) is 8.27. The van der Waals surface area contributed by atoms with Gasteiger partial charge in [0.15, 0.2) is 0 Å². The van der Waals surface area contributed by atoms with Crippen LogP contribution in [-0.2, 0) is 9.53 Å². The van der Waals surface area contributed by atoms with Crippen LogP contribution in [0.25, 0.3) is 0 Å². The molecule has 1 unspecified atom stereocenters. The molecule has 1 N–H and O–H groups in total. The smallest absolute Gasteiger partial charge is 0.308 e. The molecular formula is C8H16ClNO2. The second kappa shape index (κ2) is 5.38. The van der Waals surface area contributed by atoms with E-state index in [1.54, 1.807) is 0 Å². The Hall–Kier alpha value is -0.280. The van der Waals surface area contributed by atoms with Crippen LogP contribution in [0.2, 0.25) is 0 Å². The van der Waals surface area contributed by atoms with Gasteiger partial charge in [-0.15, -0.1) is 12.4 Å². The van der Waals surface area contributed by atoms with Crippen LogP contribution >= 0.6 is 12.4 Å². The number of carbonyl (C=O) groups excluding carboxylic acids is 1. The molecule has 72 valence electrons. The van der Waals surface area contributed by atoms with Crippen LogP contribution in [0, 0.1) is 5.92 Å². The summed E-state index contributed by atoms with van der Waals surface area (Å²) >= 11 is 0. The third-order valence-corrected chi connectivity index (χ3v) is 2.16. The number of hydrogen-bond acceptors (Lipinski definition) is 3. The van der Waals surface area contributed by atoms with Crippen molar-refractivity contribution in [1.82, 2.24) is 5.32 Å². The number of rotatable bonds is 1. The molecule has 0 aromatic rings. The predicted octanol–water partition coefficient (Wildman–Crippen LogP) is 0.969. The highest BCUT2D eigenvalue weighted by molar-refractivity contribution is 5.85. The van der Waals surface area contributed by atoms with Crippen LogP contribution in [0.1, 0.15) is 19.8 Å². The Morgan fingerprint density at radius 1 is 1.58 bits per heavy atom. The third kappa shape index (κ3) is 2.99. The maximum Gasteiger partial charge on any atom is 0.308 e. The summed E-state index contributed by atoms with van der Waals surface area (Å²) in [7, 11) is 1.45. The standard InChI is InChI=1S/C8H15NO2.ClH/c1-6-5-7(3-4-9-6)8(10)11-2;/h6-7,9H,3-5H2,1-2H3;1H/t6-,7?;/m1./s1. The fourth-order valence-corrected chi connectivity index (χ4v) is 1.51. The van der Waals surface area contributed by atoms with E-state index in [0.717, 1.165) is 19.4 Å². The first-order chi connectivity index (χ1) is 5.24. The lowest BCUT2D eigenvalue weighted by Crippen LogP contribution is -2.38. The molecular weight excluding hydrogens is 178 g/mol. The number of ether oxygens (including phenoxy) is 1. The molecule has 0 bridgehead atoms. The third-order valence-electron chi connectivity index (χ3n) is 2.16. The maximum atomic E-state index is 11.1. The molecule has 0 amide bonds. The molecule has 4 heteroatoms. The monoisotopic (exact) mass is 193 g/mol. The fourth-order valence-electron chi connectivity index (χ4n) is 1.51. The van der Waals surface area contributed by atoms with Gasteiger partial charge in [0.25, 0.3) is 0 Å². The van der Waals surface area contributed by atoms with Gasteiger partial charge in [-0.05, 0) is 26.3 Å². The number of piperidine rings is 1. The summed E-state index contributed by atoms with van der Waals surface area (Å²) in [5, 5.41) is 3.28. The summed E-state index contributed by atoms with van der Waals surface area (Å²) in [6.07, 6.45) is 1.82. The second-order valence-corrected chi connectivity index (χ2v) is 3.10. The average Bonchev–Trinajstić information content (AvgIpc) is 2.03. The quantitative estimate of drug-likeness (QED) is 0.631. The van der Waals surface area contributed by atoms with Gasteiger partial charge in [-0.1, -0.05) is 0 Å². The van der Waals surface area contributed by atoms with E-state index in [-0.39, 0.29) is 24.3 Å². The van der Waals surface area contributed by atoms with Gasteiger partial charge in [0.1, 0.15) is 0 Å². The van der Waals surface area contributed by atoms with Gasteiger partial charge < -0.3 is 10.1 Å². The SMILES string of the molecule is COC(=O)C1CCN[C@H](C)C1.Cl. The first-order valence-electron chi connectivity index (χ1n) is 4.05. The summed E-state index contributed by atoms with van der Waals surface area (Å²) in [5.74, 6) is 0.0644. The van der Waals surface area contributed by atoms with E-state index in [2.05, 4.69) is 17.0 Å². The van der Waals surface area contributed by atoms with Crippen LogP contribution in [0.4, 0.5) is 0 Å². The molecule has 1 aliphatic heterocycles. The highest BCUT2D eigenvalue weighted by atomic mass is 35.5. The lowest BCUT2D eigenvalue weighted by Gasteiger charge is -2.25. The number of carbonyl (C=O) groups is 1. The van der Waals surface area contributed by atoms with Crippen LogP contribution in [0.3, 0.4) is 0 Å². The Balaban J connectivity index is 0.00000121. The van der Waals surface area contributed by atoms with E-state index in [1.807, 2.05) is 0 Å². The van der Waals surface area contributed by atoms with Crippen molar-refractivity contribution in [2.75, 3.05) is 13.7 Å². The van der Waals surface area contributed by atoms with Crippen LogP contribution in [0.5, 0.6) is 0 Å².